The minimum absolute atomic E-state index is 0.0691. The van der Waals surface area contributed by atoms with Gasteiger partial charge in [-0.15, -0.1) is 0 Å². The predicted octanol–water partition coefficient (Wildman–Crippen LogP) is 8.13. The molecule has 4 aromatic rings. The van der Waals surface area contributed by atoms with E-state index in [1.807, 2.05) is 54.6 Å². The third-order valence-electron chi connectivity index (χ3n) is 5.84. The van der Waals surface area contributed by atoms with Gasteiger partial charge in [-0.05, 0) is 0 Å². The van der Waals surface area contributed by atoms with Crippen LogP contribution < -0.4 is 0 Å². The quantitative estimate of drug-likeness (QED) is 0.185. The molecule has 0 aliphatic heterocycles. The summed E-state index contributed by atoms with van der Waals surface area (Å²) in [5.41, 5.74) is 3.55. The van der Waals surface area contributed by atoms with Gasteiger partial charge in [-0.3, -0.25) is 0 Å². The van der Waals surface area contributed by atoms with Crippen LogP contribution in [-0.4, -0.2) is 29.9 Å². The summed E-state index contributed by atoms with van der Waals surface area (Å²) in [6, 6.07) is 30.9. The van der Waals surface area contributed by atoms with Crippen molar-refractivity contribution in [1.82, 2.24) is 0 Å². The molecule has 178 valence electrons. The second-order valence-corrected chi connectivity index (χ2v) is 21.3. The Hall–Kier alpha value is -1.61. The normalized spacial score (nSPS) is 11.3. The molecule has 0 spiro atoms. The standard InChI is InChI=1S/3C7H6Br.C7H6O3.Sn/c3*1-6-4-2-3-5-7(6)8;8-6-4-2-1-3-5(6)7(9)10;/h3*2-5H,1H2;1-4,8H,(H,9,10);/q;;;;+1/p-1. The van der Waals surface area contributed by atoms with Crippen LogP contribution >= 0.6 is 47.8 Å². The van der Waals surface area contributed by atoms with Gasteiger partial charge in [0, 0.05) is 0 Å². The molecule has 1 N–H and O–H groups in total. The van der Waals surface area contributed by atoms with E-state index in [1.54, 1.807) is 18.2 Å². The Morgan fingerprint density at radius 2 is 1.00 bits per heavy atom. The molecular formula is C28H23Br3O3Sn. The molecule has 35 heavy (non-hydrogen) atoms. The van der Waals surface area contributed by atoms with Crippen molar-refractivity contribution in [3.8, 4) is 5.75 Å². The number of benzene rings is 4. The summed E-state index contributed by atoms with van der Waals surface area (Å²) >= 11 is 7.17. The van der Waals surface area contributed by atoms with Gasteiger partial charge in [0.1, 0.15) is 0 Å². The van der Waals surface area contributed by atoms with Gasteiger partial charge in [-0.25, -0.2) is 0 Å². The number of halogens is 3. The van der Waals surface area contributed by atoms with E-state index in [0.29, 0.717) is 13.3 Å². The first kappa shape index (κ1) is 26.5. The van der Waals surface area contributed by atoms with E-state index in [1.165, 1.54) is 6.07 Å². The zero-order chi connectivity index (χ0) is 24.8. The van der Waals surface area contributed by atoms with Gasteiger partial charge in [0.15, 0.2) is 0 Å². The van der Waals surface area contributed by atoms with Crippen LogP contribution in [0.1, 0.15) is 27.0 Å². The average molecular weight is 766 g/mol. The van der Waals surface area contributed by atoms with E-state index in [-0.39, 0.29) is 11.3 Å². The first-order valence-corrected chi connectivity index (χ1v) is 20.7. The predicted molar refractivity (Wildman–Crippen MR) is 153 cm³/mol. The maximum atomic E-state index is 13.5. The van der Waals surface area contributed by atoms with Crippen molar-refractivity contribution in [2.24, 2.45) is 0 Å². The number of hydrogen-bond donors (Lipinski definition) is 1. The number of phenols is 1. The molecule has 0 aromatic heterocycles. The van der Waals surface area contributed by atoms with Crippen LogP contribution in [0.2, 0.25) is 0 Å². The third-order valence-corrected chi connectivity index (χ3v) is 18.7. The molecule has 0 unspecified atom stereocenters. The van der Waals surface area contributed by atoms with Crippen LogP contribution in [0.25, 0.3) is 0 Å². The topological polar surface area (TPSA) is 46.5 Å². The van der Waals surface area contributed by atoms with Crippen molar-refractivity contribution in [2.75, 3.05) is 0 Å². The fraction of sp³-hybridized carbons (Fsp3) is 0.107. The molecule has 0 aliphatic rings. The number of carbonyl (C=O) groups excluding carboxylic acids is 1. The molecule has 0 saturated carbocycles. The molecule has 0 heterocycles. The van der Waals surface area contributed by atoms with Crippen LogP contribution in [0.4, 0.5) is 0 Å². The number of hydrogen-bond acceptors (Lipinski definition) is 3. The summed E-state index contributed by atoms with van der Waals surface area (Å²) in [6.45, 7) is 0. The monoisotopic (exact) mass is 764 g/mol. The van der Waals surface area contributed by atoms with Gasteiger partial charge in [0.05, 0.1) is 0 Å². The number of phenolic OH excluding ortho intramolecular Hbond substituents is 1. The van der Waals surface area contributed by atoms with Crippen molar-refractivity contribution >= 4 is 72.6 Å². The Bertz CT molecular complexity index is 1230. The summed E-state index contributed by atoms with van der Waals surface area (Å²) in [4.78, 5) is 13.5. The number of rotatable bonds is 8. The Kier molecular flexibility index (Phi) is 9.13. The molecule has 0 bridgehead atoms. The first-order chi connectivity index (χ1) is 16.9. The van der Waals surface area contributed by atoms with E-state index in [4.69, 9.17) is 3.07 Å². The maximum absolute atomic E-state index is 13.5. The van der Waals surface area contributed by atoms with E-state index in [0.717, 1.165) is 30.1 Å². The molecule has 0 fully saturated rings. The molecule has 0 atom stereocenters. The summed E-state index contributed by atoms with van der Waals surface area (Å²) in [5, 5.41) is 10.4. The Balaban J connectivity index is 1.85. The fourth-order valence-corrected chi connectivity index (χ4v) is 19.4. The second kappa shape index (κ2) is 12.1. The zero-order valence-corrected chi connectivity index (χ0v) is 26.4. The molecule has 0 saturated heterocycles. The van der Waals surface area contributed by atoms with Crippen molar-refractivity contribution in [3.63, 3.8) is 0 Å². The first-order valence-electron chi connectivity index (χ1n) is 11.1. The molecule has 0 amide bonds. The summed E-state index contributed by atoms with van der Waals surface area (Å²) in [7, 11) is 0. The van der Waals surface area contributed by atoms with Crippen LogP contribution in [-0.2, 0) is 16.4 Å². The van der Waals surface area contributed by atoms with Crippen LogP contribution in [0, 0.1) is 0 Å². The Morgan fingerprint density at radius 3 is 1.40 bits per heavy atom. The Labute approximate surface area is 235 Å². The van der Waals surface area contributed by atoms with E-state index >= 15 is 0 Å². The van der Waals surface area contributed by atoms with Crippen LogP contribution in [0.3, 0.4) is 0 Å². The third kappa shape index (κ3) is 6.79. The molecule has 4 aromatic carbocycles. The van der Waals surface area contributed by atoms with Gasteiger partial charge in [0.2, 0.25) is 0 Å². The molecular weight excluding hydrogens is 743 g/mol. The van der Waals surface area contributed by atoms with Crippen LogP contribution in [0.5, 0.6) is 5.75 Å². The van der Waals surface area contributed by atoms with Crippen molar-refractivity contribution in [1.29, 1.82) is 0 Å². The SMILES string of the molecule is O=C([O][Sn]([CH2]c1ccccc1Br)([CH2]c1ccccc1Br)[CH2]c1ccccc1Br)c1ccccc1O. The van der Waals surface area contributed by atoms with Crippen molar-refractivity contribution < 1.29 is 13.0 Å². The summed E-state index contributed by atoms with van der Waals surface area (Å²) in [6.07, 6.45) is 0. The number of para-hydroxylation sites is 1. The summed E-state index contributed by atoms with van der Waals surface area (Å²) < 4.78 is 11.7. The van der Waals surface area contributed by atoms with Gasteiger partial charge in [-0.1, -0.05) is 0 Å². The second-order valence-electron chi connectivity index (χ2n) is 8.39. The number of carbonyl (C=O) groups is 1. The molecule has 4 rings (SSSR count). The molecule has 7 heteroatoms. The average Bonchev–Trinajstić information content (AvgIpc) is 2.84. The van der Waals surface area contributed by atoms with E-state index < -0.39 is 24.8 Å². The van der Waals surface area contributed by atoms with E-state index in [9.17, 15) is 9.90 Å². The molecule has 0 radical (unpaired) electrons. The number of aromatic hydroxyl groups is 1. The minimum atomic E-state index is -3.95. The van der Waals surface area contributed by atoms with E-state index in [2.05, 4.69) is 66.0 Å². The van der Waals surface area contributed by atoms with Gasteiger partial charge in [0.25, 0.3) is 0 Å². The van der Waals surface area contributed by atoms with Gasteiger partial charge in [-0.2, -0.15) is 0 Å². The summed E-state index contributed by atoms with van der Waals surface area (Å²) in [5.74, 6) is -0.537. The van der Waals surface area contributed by atoms with Crippen molar-refractivity contribution in [2.45, 2.75) is 13.3 Å². The van der Waals surface area contributed by atoms with Gasteiger partial charge < -0.3 is 0 Å². The molecule has 3 nitrogen and oxygen atoms in total. The fourth-order valence-electron chi connectivity index (χ4n) is 4.16. The zero-order valence-electron chi connectivity index (χ0n) is 18.8. The molecule has 0 aliphatic carbocycles. The van der Waals surface area contributed by atoms with Crippen molar-refractivity contribution in [3.05, 3.63) is 133 Å². The van der Waals surface area contributed by atoms with Crippen LogP contribution in [0.15, 0.2) is 110 Å². The van der Waals surface area contributed by atoms with Gasteiger partial charge >= 0.3 is 237 Å². The Morgan fingerprint density at radius 1 is 0.629 bits per heavy atom.